The molecule has 19 heavy (non-hydrogen) atoms. The number of aromatic nitrogens is 1. The zero-order chi connectivity index (χ0) is 13.5. The Kier molecular flexibility index (Phi) is 5.61. The first-order chi connectivity index (χ1) is 9.33. The summed E-state index contributed by atoms with van der Waals surface area (Å²) in [5, 5.41) is 12.2. The molecule has 2 rings (SSSR count). The fourth-order valence-electron chi connectivity index (χ4n) is 2.45. The lowest BCUT2D eigenvalue weighted by Gasteiger charge is -2.37. The molecule has 0 aromatic carbocycles. The van der Waals surface area contributed by atoms with Gasteiger partial charge in [-0.25, -0.2) is 4.98 Å². The van der Waals surface area contributed by atoms with Crippen molar-refractivity contribution in [1.29, 1.82) is 0 Å². The van der Waals surface area contributed by atoms with Crippen LogP contribution >= 0.6 is 0 Å². The molecule has 0 aliphatic heterocycles. The van der Waals surface area contributed by atoms with Crippen LogP contribution in [0.25, 0.3) is 0 Å². The summed E-state index contributed by atoms with van der Waals surface area (Å²) in [7, 11) is 0. The minimum Gasteiger partial charge on any atom is -0.396 e. The van der Waals surface area contributed by atoms with E-state index in [0.717, 1.165) is 31.9 Å². The molecule has 1 aliphatic carbocycles. The molecule has 4 heteroatoms. The smallest absolute Gasteiger partial charge is 0.125 e. The average Bonchev–Trinajstić information content (AvgIpc) is 2.36. The normalized spacial score (nSPS) is 15.5. The first-order valence-corrected chi connectivity index (χ1v) is 7.37. The summed E-state index contributed by atoms with van der Waals surface area (Å²) in [6, 6.07) is 4.90. The van der Waals surface area contributed by atoms with Gasteiger partial charge in [-0.05, 0) is 37.8 Å². The van der Waals surface area contributed by atoms with E-state index in [-0.39, 0.29) is 6.61 Å². The highest BCUT2D eigenvalue weighted by atomic mass is 16.3. The van der Waals surface area contributed by atoms with Crippen LogP contribution in [0.15, 0.2) is 18.3 Å². The molecule has 0 radical (unpaired) electrons. The number of aliphatic hydroxyl groups is 1. The van der Waals surface area contributed by atoms with Gasteiger partial charge in [0.2, 0.25) is 0 Å². The van der Waals surface area contributed by atoms with E-state index in [9.17, 15) is 0 Å². The first kappa shape index (κ1) is 14.3. The summed E-state index contributed by atoms with van der Waals surface area (Å²) in [5.74, 6) is 0.941. The van der Waals surface area contributed by atoms with E-state index in [0.29, 0.717) is 6.04 Å². The van der Waals surface area contributed by atoms with Crippen LogP contribution in [0.2, 0.25) is 0 Å². The number of aliphatic hydroxyl groups excluding tert-OH is 1. The summed E-state index contributed by atoms with van der Waals surface area (Å²) in [5.41, 5.74) is 1.26. The molecule has 1 saturated carbocycles. The predicted molar refractivity (Wildman–Crippen MR) is 78.2 cm³/mol. The van der Waals surface area contributed by atoms with E-state index in [1.807, 2.05) is 12.3 Å². The van der Waals surface area contributed by atoms with Crippen LogP contribution in [-0.4, -0.2) is 40.7 Å². The molecule has 1 heterocycles. The topological polar surface area (TPSA) is 48.4 Å². The lowest BCUT2D eigenvalue weighted by molar-refractivity contribution is 0.109. The number of anilines is 1. The molecular weight excluding hydrogens is 238 g/mol. The van der Waals surface area contributed by atoms with Gasteiger partial charge in [0, 0.05) is 38.5 Å². The molecule has 0 unspecified atom stereocenters. The molecule has 2 N–H and O–H groups in total. The van der Waals surface area contributed by atoms with Crippen molar-refractivity contribution in [1.82, 2.24) is 9.88 Å². The number of nitrogens with zero attached hydrogens (tertiary/aromatic N) is 2. The second-order valence-electron chi connectivity index (χ2n) is 5.21. The van der Waals surface area contributed by atoms with E-state index < -0.39 is 0 Å². The first-order valence-electron chi connectivity index (χ1n) is 7.37. The Morgan fingerprint density at radius 3 is 2.79 bits per heavy atom. The second-order valence-corrected chi connectivity index (χ2v) is 5.21. The Bertz CT molecular complexity index is 362. The monoisotopic (exact) mass is 263 g/mol. The summed E-state index contributed by atoms with van der Waals surface area (Å²) in [6.45, 7) is 5.18. The third-order valence-corrected chi connectivity index (χ3v) is 3.76. The molecule has 0 bridgehead atoms. The Morgan fingerprint density at radius 1 is 1.42 bits per heavy atom. The Hall–Kier alpha value is -1.13. The molecule has 0 amide bonds. The van der Waals surface area contributed by atoms with Crippen LogP contribution in [0.3, 0.4) is 0 Å². The van der Waals surface area contributed by atoms with Crippen molar-refractivity contribution in [3.63, 3.8) is 0 Å². The molecule has 0 spiro atoms. The van der Waals surface area contributed by atoms with Crippen LogP contribution in [-0.2, 0) is 6.54 Å². The van der Waals surface area contributed by atoms with Gasteiger partial charge in [0.1, 0.15) is 5.82 Å². The van der Waals surface area contributed by atoms with Gasteiger partial charge < -0.3 is 10.4 Å². The van der Waals surface area contributed by atoms with Crippen LogP contribution in [0.1, 0.15) is 38.2 Å². The van der Waals surface area contributed by atoms with Gasteiger partial charge in [0.15, 0.2) is 0 Å². The third kappa shape index (κ3) is 4.18. The van der Waals surface area contributed by atoms with Crippen LogP contribution in [0.4, 0.5) is 5.82 Å². The van der Waals surface area contributed by atoms with Crippen molar-refractivity contribution in [2.45, 2.75) is 45.2 Å². The fraction of sp³-hybridized carbons (Fsp3) is 0.667. The minimum absolute atomic E-state index is 0.279. The second kappa shape index (κ2) is 7.46. The van der Waals surface area contributed by atoms with Crippen molar-refractivity contribution in [3.05, 3.63) is 23.9 Å². The maximum atomic E-state index is 9.00. The molecule has 1 aromatic rings. The third-order valence-electron chi connectivity index (χ3n) is 3.76. The highest BCUT2D eigenvalue weighted by Gasteiger charge is 2.24. The number of rotatable bonds is 8. The van der Waals surface area contributed by atoms with Gasteiger partial charge >= 0.3 is 0 Å². The lowest BCUT2D eigenvalue weighted by Crippen LogP contribution is -2.40. The molecule has 0 saturated heterocycles. The Morgan fingerprint density at radius 2 is 2.26 bits per heavy atom. The van der Waals surface area contributed by atoms with E-state index >= 15 is 0 Å². The lowest BCUT2D eigenvalue weighted by atomic mass is 9.91. The zero-order valence-electron chi connectivity index (χ0n) is 11.8. The highest BCUT2D eigenvalue weighted by Crippen LogP contribution is 2.26. The quantitative estimate of drug-likeness (QED) is 0.755. The fourth-order valence-corrected chi connectivity index (χ4v) is 2.45. The minimum atomic E-state index is 0.279. The van der Waals surface area contributed by atoms with Gasteiger partial charge in [-0.15, -0.1) is 0 Å². The van der Waals surface area contributed by atoms with Gasteiger partial charge in [-0.3, -0.25) is 4.90 Å². The van der Waals surface area contributed by atoms with Gasteiger partial charge in [0.05, 0.1) is 0 Å². The molecule has 0 atom stereocenters. The molecule has 106 valence electrons. The Labute approximate surface area is 115 Å². The van der Waals surface area contributed by atoms with E-state index in [1.165, 1.54) is 24.8 Å². The van der Waals surface area contributed by atoms with Gasteiger partial charge in [0.25, 0.3) is 0 Å². The maximum Gasteiger partial charge on any atom is 0.125 e. The Balaban J connectivity index is 1.91. The van der Waals surface area contributed by atoms with Crippen molar-refractivity contribution < 1.29 is 5.11 Å². The van der Waals surface area contributed by atoms with Gasteiger partial charge in [-0.2, -0.15) is 0 Å². The van der Waals surface area contributed by atoms with Crippen LogP contribution in [0, 0.1) is 0 Å². The van der Waals surface area contributed by atoms with E-state index in [4.69, 9.17) is 5.11 Å². The van der Waals surface area contributed by atoms with E-state index in [2.05, 4.69) is 28.2 Å². The summed E-state index contributed by atoms with van der Waals surface area (Å²) >= 11 is 0. The van der Waals surface area contributed by atoms with Crippen molar-refractivity contribution in [2.24, 2.45) is 0 Å². The summed E-state index contributed by atoms with van der Waals surface area (Å²) in [6.07, 6.45) is 6.77. The SMILES string of the molecule is CCNc1ccc(CN(CCCO)C2CCC2)cn1. The molecule has 1 aromatic heterocycles. The standard InChI is InChI=1S/C15H25N3O/c1-2-16-15-8-7-13(11-17-15)12-18(9-4-10-19)14-5-3-6-14/h7-8,11,14,19H,2-6,9-10,12H2,1H3,(H,16,17). The average molecular weight is 263 g/mol. The van der Waals surface area contributed by atoms with Crippen LogP contribution in [0.5, 0.6) is 0 Å². The molecule has 4 nitrogen and oxygen atoms in total. The molecule has 1 aliphatic rings. The number of nitrogens with one attached hydrogen (secondary N) is 1. The van der Waals surface area contributed by atoms with Gasteiger partial charge in [-0.1, -0.05) is 12.5 Å². The number of hydrogen-bond donors (Lipinski definition) is 2. The number of pyridine rings is 1. The molecular formula is C15H25N3O. The zero-order valence-corrected chi connectivity index (χ0v) is 11.8. The predicted octanol–water partition coefficient (Wildman–Crippen LogP) is 2.25. The largest absolute Gasteiger partial charge is 0.396 e. The summed E-state index contributed by atoms with van der Waals surface area (Å²) in [4.78, 5) is 6.91. The van der Waals surface area contributed by atoms with Crippen molar-refractivity contribution in [2.75, 3.05) is 25.0 Å². The molecule has 1 fully saturated rings. The number of hydrogen-bond acceptors (Lipinski definition) is 4. The highest BCUT2D eigenvalue weighted by molar-refractivity contribution is 5.35. The van der Waals surface area contributed by atoms with Crippen molar-refractivity contribution >= 4 is 5.82 Å². The van der Waals surface area contributed by atoms with Crippen molar-refractivity contribution in [3.8, 4) is 0 Å². The van der Waals surface area contributed by atoms with E-state index in [1.54, 1.807) is 0 Å². The summed E-state index contributed by atoms with van der Waals surface area (Å²) < 4.78 is 0. The van der Waals surface area contributed by atoms with Crippen LogP contribution < -0.4 is 5.32 Å². The maximum absolute atomic E-state index is 9.00.